The van der Waals surface area contributed by atoms with Crippen LogP contribution in [-0.2, 0) is 11.3 Å². The van der Waals surface area contributed by atoms with Gasteiger partial charge in [-0.25, -0.2) is 4.39 Å². The first-order valence-corrected chi connectivity index (χ1v) is 8.29. The summed E-state index contributed by atoms with van der Waals surface area (Å²) in [6, 6.07) is 12.8. The highest BCUT2D eigenvalue weighted by molar-refractivity contribution is 5.98. The lowest BCUT2D eigenvalue weighted by molar-refractivity contribution is -0.124. The summed E-state index contributed by atoms with van der Waals surface area (Å²) in [6.07, 6.45) is 1.51. The number of nitrogens with one attached hydrogen (secondary N) is 3. The molecule has 1 heterocycles. The van der Waals surface area contributed by atoms with Crippen LogP contribution in [0.3, 0.4) is 0 Å². The molecule has 3 N–H and O–H groups in total. The number of benzene rings is 2. The average molecular weight is 341 g/mol. The first kappa shape index (κ1) is 17.0. The molecule has 6 heteroatoms. The zero-order valence-corrected chi connectivity index (χ0v) is 13.7. The third kappa shape index (κ3) is 4.56. The van der Waals surface area contributed by atoms with Gasteiger partial charge in [-0.3, -0.25) is 9.59 Å². The molecule has 0 aromatic heterocycles. The molecule has 0 unspecified atom stereocenters. The van der Waals surface area contributed by atoms with Crippen LogP contribution in [0.2, 0.25) is 0 Å². The number of amides is 2. The van der Waals surface area contributed by atoms with Crippen LogP contribution >= 0.6 is 0 Å². The third-order valence-electron chi connectivity index (χ3n) is 4.13. The fraction of sp³-hybridized carbons (Fsp3) is 0.263. The van der Waals surface area contributed by atoms with Crippen molar-refractivity contribution in [2.24, 2.45) is 0 Å². The van der Waals surface area contributed by atoms with Crippen LogP contribution < -0.4 is 16.0 Å². The van der Waals surface area contributed by atoms with Crippen molar-refractivity contribution < 1.29 is 14.0 Å². The predicted molar refractivity (Wildman–Crippen MR) is 93.7 cm³/mol. The second-order valence-electron chi connectivity index (χ2n) is 6.02. The van der Waals surface area contributed by atoms with Crippen molar-refractivity contribution in [2.75, 3.05) is 11.9 Å². The Bertz CT molecular complexity index is 762. The molecule has 1 fully saturated rings. The van der Waals surface area contributed by atoms with Crippen molar-refractivity contribution in [3.63, 3.8) is 0 Å². The quantitative estimate of drug-likeness (QED) is 0.782. The fourth-order valence-electron chi connectivity index (χ4n) is 2.73. The lowest BCUT2D eigenvalue weighted by Gasteiger charge is -2.22. The Kier molecular flexibility index (Phi) is 5.28. The molecule has 1 aliphatic heterocycles. The highest BCUT2D eigenvalue weighted by Gasteiger charge is 2.23. The van der Waals surface area contributed by atoms with Gasteiger partial charge in [0.05, 0.1) is 0 Å². The Hall–Kier alpha value is -2.89. The van der Waals surface area contributed by atoms with Gasteiger partial charge in [-0.2, -0.15) is 0 Å². The summed E-state index contributed by atoms with van der Waals surface area (Å²) in [4.78, 5) is 24.1. The molecule has 2 amide bonds. The maximum atomic E-state index is 12.9. The van der Waals surface area contributed by atoms with E-state index >= 15 is 0 Å². The van der Waals surface area contributed by atoms with E-state index in [0.717, 1.165) is 17.7 Å². The summed E-state index contributed by atoms with van der Waals surface area (Å²) >= 11 is 0. The number of carbonyl (C=O) groups is 2. The highest BCUT2D eigenvalue weighted by Crippen LogP contribution is 2.14. The van der Waals surface area contributed by atoms with Crippen molar-refractivity contribution in [3.05, 3.63) is 65.5 Å². The first-order valence-electron chi connectivity index (χ1n) is 8.29. The maximum Gasteiger partial charge on any atom is 0.252 e. The van der Waals surface area contributed by atoms with Crippen LogP contribution in [0.25, 0.3) is 0 Å². The normalized spacial score (nSPS) is 16.8. The molecule has 1 saturated heterocycles. The van der Waals surface area contributed by atoms with Crippen LogP contribution in [0.1, 0.15) is 28.8 Å². The van der Waals surface area contributed by atoms with Crippen LogP contribution in [0.15, 0.2) is 48.5 Å². The van der Waals surface area contributed by atoms with Crippen molar-refractivity contribution >= 4 is 17.5 Å². The van der Waals surface area contributed by atoms with E-state index in [0.29, 0.717) is 25.1 Å². The van der Waals surface area contributed by atoms with Crippen LogP contribution in [0.4, 0.5) is 10.1 Å². The number of carbonyl (C=O) groups excluding carboxylic acids is 2. The molecule has 2 aromatic carbocycles. The Morgan fingerprint density at radius 2 is 2.00 bits per heavy atom. The van der Waals surface area contributed by atoms with Gasteiger partial charge in [0.2, 0.25) is 5.91 Å². The molecule has 1 aliphatic rings. The topological polar surface area (TPSA) is 70.2 Å². The van der Waals surface area contributed by atoms with Crippen molar-refractivity contribution in [3.8, 4) is 0 Å². The monoisotopic (exact) mass is 341 g/mol. The van der Waals surface area contributed by atoms with E-state index in [2.05, 4.69) is 16.0 Å². The second kappa shape index (κ2) is 7.79. The molecule has 2 aromatic rings. The SMILES string of the molecule is O=C(N[C@H]1CCCNC1=O)c1cccc(NCc2ccc(F)cc2)c1. The second-order valence-corrected chi connectivity index (χ2v) is 6.02. The zero-order chi connectivity index (χ0) is 17.6. The largest absolute Gasteiger partial charge is 0.381 e. The number of piperidine rings is 1. The molecule has 1 atom stereocenters. The van der Waals surface area contributed by atoms with Gasteiger partial charge in [-0.05, 0) is 48.7 Å². The minimum Gasteiger partial charge on any atom is -0.381 e. The van der Waals surface area contributed by atoms with Gasteiger partial charge in [-0.1, -0.05) is 18.2 Å². The Balaban J connectivity index is 1.61. The maximum absolute atomic E-state index is 12.9. The Morgan fingerprint density at radius 1 is 1.20 bits per heavy atom. The van der Waals surface area contributed by atoms with E-state index in [-0.39, 0.29) is 17.6 Å². The summed E-state index contributed by atoms with van der Waals surface area (Å²) in [6.45, 7) is 1.18. The molecule has 130 valence electrons. The van der Waals surface area contributed by atoms with E-state index in [4.69, 9.17) is 0 Å². The third-order valence-corrected chi connectivity index (χ3v) is 4.13. The van der Waals surface area contributed by atoms with E-state index in [9.17, 15) is 14.0 Å². The number of hydrogen-bond acceptors (Lipinski definition) is 3. The number of halogens is 1. The molecular weight excluding hydrogens is 321 g/mol. The van der Waals surface area contributed by atoms with Crippen LogP contribution in [-0.4, -0.2) is 24.4 Å². The highest BCUT2D eigenvalue weighted by atomic mass is 19.1. The van der Waals surface area contributed by atoms with Crippen molar-refractivity contribution in [2.45, 2.75) is 25.4 Å². The molecule has 0 aliphatic carbocycles. The molecule has 3 rings (SSSR count). The smallest absolute Gasteiger partial charge is 0.252 e. The zero-order valence-electron chi connectivity index (χ0n) is 13.7. The van der Waals surface area contributed by atoms with Gasteiger partial charge < -0.3 is 16.0 Å². The van der Waals surface area contributed by atoms with Crippen LogP contribution in [0.5, 0.6) is 0 Å². The fourth-order valence-corrected chi connectivity index (χ4v) is 2.73. The lowest BCUT2D eigenvalue weighted by Crippen LogP contribution is -2.50. The van der Waals surface area contributed by atoms with E-state index < -0.39 is 6.04 Å². The van der Waals surface area contributed by atoms with E-state index in [1.807, 2.05) is 6.07 Å². The minimum atomic E-state index is -0.475. The van der Waals surface area contributed by atoms with Crippen molar-refractivity contribution in [1.29, 1.82) is 0 Å². The summed E-state index contributed by atoms with van der Waals surface area (Å²) in [5.41, 5.74) is 2.21. The molecule has 0 radical (unpaired) electrons. The van der Waals surface area contributed by atoms with Gasteiger partial charge in [0, 0.05) is 24.3 Å². The number of hydrogen-bond donors (Lipinski definition) is 3. The summed E-state index contributed by atoms with van der Waals surface area (Å²) in [5.74, 6) is -0.674. The summed E-state index contributed by atoms with van der Waals surface area (Å²) < 4.78 is 12.9. The van der Waals surface area contributed by atoms with Gasteiger partial charge in [-0.15, -0.1) is 0 Å². The van der Waals surface area contributed by atoms with Gasteiger partial charge >= 0.3 is 0 Å². The standard InChI is InChI=1S/C19H20FN3O2/c20-15-8-6-13(7-9-15)12-22-16-4-1-3-14(11-16)18(24)23-17-5-2-10-21-19(17)25/h1,3-4,6-9,11,17,22H,2,5,10,12H2,(H,21,25)(H,23,24)/t17-/m0/s1. The molecule has 0 saturated carbocycles. The van der Waals surface area contributed by atoms with Crippen molar-refractivity contribution in [1.82, 2.24) is 10.6 Å². The number of rotatable bonds is 5. The van der Waals surface area contributed by atoms with Gasteiger partial charge in [0.1, 0.15) is 11.9 Å². The molecular formula is C19H20FN3O2. The average Bonchev–Trinajstić information content (AvgIpc) is 2.63. The Labute approximate surface area is 145 Å². The molecule has 0 spiro atoms. The lowest BCUT2D eigenvalue weighted by atomic mass is 10.1. The van der Waals surface area contributed by atoms with Gasteiger partial charge in [0.15, 0.2) is 0 Å². The molecule has 5 nitrogen and oxygen atoms in total. The van der Waals surface area contributed by atoms with Crippen LogP contribution in [0, 0.1) is 5.82 Å². The summed E-state index contributed by atoms with van der Waals surface area (Å²) in [7, 11) is 0. The molecule has 0 bridgehead atoms. The van der Waals surface area contributed by atoms with Gasteiger partial charge in [0.25, 0.3) is 5.91 Å². The van der Waals surface area contributed by atoms with E-state index in [1.54, 1.807) is 30.3 Å². The Morgan fingerprint density at radius 3 is 2.76 bits per heavy atom. The predicted octanol–water partition coefficient (Wildman–Crippen LogP) is 2.45. The van der Waals surface area contributed by atoms with E-state index in [1.165, 1.54) is 12.1 Å². The number of anilines is 1. The molecule has 25 heavy (non-hydrogen) atoms. The summed E-state index contributed by atoms with van der Waals surface area (Å²) in [5, 5.41) is 8.73. The first-order chi connectivity index (χ1) is 12.1. The minimum absolute atomic E-state index is 0.134.